The van der Waals surface area contributed by atoms with Gasteiger partial charge in [-0.25, -0.2) is 0 Å². The van der Waals surface area contributed by atoms with Crippen molar-refractivity contribution >= 4 is 17.8 Å². The highest BCUT2D eigenvalue weighted by Crippen LogP contribution is 2.68. The summed E-state index contributed by atoms with van der Waals surface area (Å²) in [5, 5.41) is 18.6. The fraction of sp³-hybridized carbons (Fsp3) is 0.462. The van der Waals surface area contributed by atoms with Crippen LogP contribution >= 0.6 is 0 Å². The maximum atomic E-state index is 12.3. The third-order valence-corrected chi connectivity index (χ3v) is 4.51. The Morgan fingerprint density at radius 1 is 1.20 bits per heavy atom. The molecule has 0 bridgehead atoms. The SMILES string of the molecule is Cc1occc1C(=O)N1C[C@@]2(C(=O)O)C[C@@]2(C(=O)O)C1. The van der Waals surface area contributed by atoms with Crippen LogP contribution in [-0.2, 0) is 9.59 Å². The van der Waals surface area contributed by atoms with Gasteiger partial charge in [0.05, 0.1) is 11.8 Å². The van der Waals surface area contributed by atoms with E-state index in [1.807, 2.05) is 0 Å². The number of amides is 1. The van der Waals surface area contributed by atoms with Crippen molar-refractivity contribution in [3.05, 3.63) is 23.7 Å². The van der Waals surface area contributed by atoms with Gasteiger partial charge in [-0.05, 0) is 19.4 Å². The van der Waals surface area contributed by atoms with E-state index in [1.54, 1.807) is 6.92 Å². The average molecular weight is 279 g/mol. The van der Waals surface area contributed by atoms with E-state index in [-0.39, 0.29) is 25.4 Å². The third kappa shape index (κ3) is 1.32. The molecule has 3 rings (SSSR count). The van der Waals surface area contributed by atoms with Crippen LogP contribution in [0.1, 0.15) is 22.5 Å². The quantitative estimate of drug-likeness (QED) is 0.838. The molecule has 0 aromatic carbocycles. The average Bonchev–Trinajstić information content (AvgIpc) is 2.70. The molecule has 2 N–H and O–H groups in total. The second-order valence-electron chi connectivity index (χ2n) is 5.50. The molecule has 1 aromatic rings. The van der Waals surface area contributed by atoms with Crippen molar-refractivity contribution in [2.45, 2.75) is 13.3 Å². The minimum absolute atomic E-state index is 0.0713. The molecule has 7 nitrogen and oxygen atoms in total. The van der Waals surface area contributed by atoms with Crippen molar-refractivity contribution in [1.29, 1.82) is 0 Å². The molecule has 1 aliphatic heterocycles. The van der Waals surface area contributed by atoms with Gasteiger partial charge in [0.2, 0.25) is 0 Å². The zero-order valence-corrected chi connectivity index (χ0v) is 10.8. The number of piperidine rings is 1. The molecular formula is C13H13NO6. The molecule has 7 heteroatoms. The first-order chi connectivity index (χ1) is 9.34. The van der Waals surface area contributed by atoms with E-state index in [1.165, 1.54) is 17.2 Å². The third-order valence-electron chi connectivity index (χ3n) is 4.51. The molecule has 0 unspecified atom stereocenters. The summed E-state index contributed by atoms with van der Waals surface area (Å²) >= 11 is 0. The molecule has 0 radical (unpaired) electrons. The van der Waals surface area contributed by atoms with Gasteiger partial charge in [-0.15, -0.1) is 0 Å². The second kappa shape index (κ2) is 3.62. The number of hydrogen-bond donors (Lipinski definition) is 2. The van der Waals surface area contributed by atoms with Crippen molar-refractivity contribution < 1.29 is 29.0 Å². The number of carbonyl (C=O) groups excluding carboxylic acids is 1. The van der Waals surface area contributed by atoms with Crippen LogP contribution in [0.3, 0.4) is 0 Å². The molecule has 20 heavy (non-hydrogen) atoms. The number of hydrogen-bond acceptors (Lipinski definition) is 4. The zero-order chi connectivity index (χ0) is 14.7. The highest BCUT2D eigenvalue weighted by Gasteiger charge is 2.81. The number of aryl methyl sites for hydroxylation is 1. The Bertz CT molecular complexity index is 607. The summed E-state index contributed by atoms with van der Waals surface area (Å²) < 4.78 is 5.05. The van der Waals surface area contributed by atoms with Crippen LogP contribution in [0, 0.1) is 17.8 Å². The number of furan rings is 1. The highest BCUT2D eigenvalue weighted by molar-refractivity contribution is 6.00. The normalized spacial score (nSPS) is 30.9. The predicted octanol–water partition coefficient (Wildman–Crippen LogP) is 0.590. The molecule has 1 saturated carbocycles. The van der Waals surface area contributed by atoms with Crippen LogP contribution in [0.15, 0.2) is 16.7 Å². The van der Waals surface area contributed by atoms with E-state index in [9.17, 15) is 24.6 Å². The van der Waals surface area contributed by atoms with Gasteiger partial charge in [-0.2, -0.15) is 0 Å². The fourth-order valence-electron chi connectivity index (χ4n) is 3.21. The predicted molar refractivity (Wildman–Crippen MR) is 64.1 cm³/mol. The monoisotopic (exact) mass is 279 g/mol. The summed E-state index contributed by atoms with van der Waals surface area (Å²) in [6, 6.07) is 1.50. The molecule has 2 atom stereocenters. The van der Waals surface area contributed by atoms with Gasteiger partial charge >= 0.3 is 11.9 Å². The number of carboxylic acid groups (broad SMARTS) is 2. The van der Waals surface area contributed by atoms with Gasteiger partial charge in [-0.3, -0.25) is 14.4 Å². The summed E-state index contributed by atoms with van der Waals surface area (Å²) in [4.78, 5) is 36.4. The zero-order valence-electron chi connectivity index (χ0n) is 10.8. The van der Waals surface area contributed by atoms with E-state index >= 15 is 0 Å². The van der Waals surface area contributed by atoms with E-state index < -0.39 is 22.8 Å². The number of rotatable bonds is 3. The number of carboxylic acids is 2. The standard InChI is InChI=1S/C13H13NO6/c1-7-8(2-3-20-7)9(15)14-5-12(10(16)17)4-13(12,6-14)11(18)19/h2-3H,4-6H2,1H3,(H,16,17)(H,18,19)/t12-,13+. The molecule has 1 amide bonds. The Hall–Kier alpha value is -2.31. The van der Waals surface area contributed by atoms with Crippen LogP contribution in [-0.4, -0.2) is 46.0 Å². The van der Waals surface area contributed by atoms with E-state index in [0.717, 1.165) is 0 Å². The molecule has 1 saturated heterocycles. The number of fused-ring (bicyclic) bond motifs is 1. The Morgan fingerprint density at radius 3 is 2.15 bits per heavy atom. The summed E-state index contributed by atoms with van der Waals surface area (Å²) in [6.07, 6.45) is 1.46. The molecule has 106 valence electrons. The van der Waals surface area contributed by atoms with Crippen LogP contribution in [0.5, 0.6) is 0 Å². The number of nitrogens with zero attached hydrogens (tertiary/aromatic N) is 1. The Labute approximate surface area is 113 Å². The van der Waals surface area contributed by atoms with Gasteiger partial charge < -0.3 is 19.5 Å². The lowest BCUT2D eigenvalue weighted by molar-refractivity contribution is -0.151. The summed E-state index contributed by atoms with van der Waals surface area (Å²) in [7, 11) is 0. The summed E-state index contributed by atoms with van der Waals surface area (Å²) in [6.45, 7) is 1.49. The lowest BCUT2D eigenvalue weighted by Gasteiger charge is -2.19. The van der Waals surface area contributed by atoms with Gasteiger partial charge in [0.25, 0.3) is 5.91 Å². The topological polar surface area (TPSA) is 108 Å². The van der Waals surface area contributed by atoms with Gasteiger partial charge in [0, 0.05) is 13.1 Å². The maximum Gasteiger partial charge on any atom is 0.312 e. The van der Waals surface area contributed by atoms with Crippen molar-refractivity contribution in [3.63, 3.8) is 0 Å². The van der Waals surface area contributed by atoms with E-state index in [4.69, 9.17) is 4.42 Å². The van der Waals surface area contributed by atoms with Crippen LogP contribution in [0.4, 0.5) is 0 Å². The summed E-state index contributed by atoms with van der Waals surface area (Å²) in [5.41, 5.74) is -2.34. The van der Waals surface area contributed by atoms with Crippen molar-refractivity contribution in [2.24, 2.45) is 10.8 Å². The Morgan fingerprint density at radius 2 is 1.75 bits per heavy atom. The van der Waals surface area contributed by atoms with E-state index in [2.05, 4.69) is 0 Å². The van der Waals surface area contributed by atoms with Crippen molar-refractivity contribution in [2.75, 3.05) is 13.1 Å². The maximum absolute atomic E-state index is 12.3. The van der Waals surface area contributed by atoms with Gasteiger partial charge in [0.1, 0.15) is 16.6 Å². The van der Waals surface area contributed by atoms with Crippen LogP contribution in [0.25, 0.3) is 0 Å². The highest BCUT2D eigenvalue weighted by atomic mass is 16.4. The summed E-state index contributed by atoms with van der Waals surface area (Å²) in [5.74, 6) is -2.26. The smallest absolute Gasteiger partial charge is 0.312 e. The number of carbonyl (C=O) groups is 3. The second-order valence-corrected chi connectivity index (χ2v) is 5.50. The molecule has 1 aliphatic carbocycles. The van der Waals surface area contributed by atoms with Crippen molar-refractivity contribution in [3.8, 4) is 0 Å². The lowest BCUT2D eigenvalue weighted by atomic mass is 9.97. The first-order valence-corrected chi connectivity index (χ1v) is 6.14. The van der Waals surface area contributed by atoms with E-state index in [0.29, 0.717) is 11.3 Å². The van der Waals surface area contributed by atoms with Crippen LogP contribution in [0.2, 0.25) is 0 Å². The van der Waals surface area contributed by atoms with Gasteiger partial charge in [0.15, 0.2) is 0 Å². The molecule has 2 fully saturated rings. The Kier molecular flexibility index (Phi) is 2.30. The van der Waals surface area contributed by atoms with Crippen LogP contribution < -0.4 is 0 Å². The molecule has 0 spiro atoms. The molecule has 1 aromatic heterocycles. The Balaban J connectivity index is 1.90. The first kappa shape index (κ1) is 12.7. The molecule has 2 heterocycles. The van der Waals surface area contributed by atoms with Gasteiger partial charge in [-0.1, -0.05) is 0 Å². The fourth-order valence-corrected chi connectivity index (χ4v) is 3.21. The van der Waals surface area contributed by atoms with Crippen molar-refractivity contribution in [1.82, 2.24) is 4.90 Å². The first-order valence-electron chi connectivity index (χ1n) is 6.14. The minimum Gasteiger partial charge on any atom is -0.481 e. The largest absolute Gasteiger partial charge is 0.481 e. The number of aliphatic carboxylic acids is 2. The number of likely N-dealkylation sites (tertiary alicyclic amines) is 1. The lowest BCUT2D eigenvalue weighted by Crippen LogP contribution is -2.34. The minimum atomic E-state index is -1.34. The molecule has 2 aliphatic rings. The molecular weight excluding hydrogens is 266 g/mol.